The van der Waals surface area contributed by atoms with E-state index in [4.69, 9.17) is 5.26 Å². The summed E-state index contributed by atoms with van der Waals surface area (Å²) in [6, 6.07) is 6.01. The van der Waals surface area contributed by atoms with Gasteiger partial charge in [0.1, 0.15) is 6.54 Å². The highest BCUT2D eigenvalue weighted by Gasteiger charge is 2.33. The monoisotopic (exact) mass is 206 g/mol. The van der Waals surface area contributed by atoms with Crippen LogP contribution in [-0.2, 0) is 0 Å². The minimum Gasteiger partial charge on any atom is -0.322 e. The molecule has 1 heterocycles. The zero-order valence-electron chi connectivity index (χ0n) is 7.64. The molecule has 1 aromatic heterocycles. The van der Waals surface area contributed by atoms with Crippen LogP contribution in [-0.4, -0.2) is 23.4 Å². The van der Waals surface area contributed by atoms with Crippen LogP contribution in [0.2, 0.25) is 0 Å². The van der Waals surface area contributed by atoms with Crippen LogP contribution in [0.5, 0.6) is 0 Å². The Labute approximate surface area is 86.6 Å². The van der Waals surface area contributed by atoms with Crippen LogP contribution in [0.25, 0.3) is 0 Å². The molecule has 1 saturated carbocycles. The van der Waals surface area contributed by atoms with Gasteiger partial charge in [-0.25, -0.2) is 0 Å². The summed E-state index contributed by atoms with van der Waals surface area (Å²) in [5.41, 5.74) is 0. The summed E-state index contributed by atoms with van der Waals surface area (Å²) in [5, 5.41) is 10.5. The number of rotatable bonds is 3. The third-order valence-electron chi connectivity index (χ3n) is 2.22. The Balaban J connectivity index is 2.11. The van der Waals surface area contributed by atoms with Gasteiger partial charge in [0.25, 0.3) is 5.91 Å². The number of nitriles is 1. The first kappa shape index (κ1) is 9.22. The number of thiophene rings is 1. The lowest BCUT2D eigenvalue weighted by Gasteiger charge is -2.17. The first-order valence-electron chi connectivity index (χ1n) is 4.54. The van der Waals surface area contributed by atoms with Crippen molar-refractivity contribution in [2.75, 3.05) is 6.54 Å². The van der Waals surface area contributed by atoms with Crippen molar-refractivity contribution < 1.29 is 4.79 Å². The van der Waals surface area contributed by atoms with E-state index in [9.17, 15) is 4.79 Å². The summed E-state index contributed by atoms with van der Waals surface area (Å²) in [6.07, 6.45) is 2.08. The lowest BCUT2D eigenvalue weighted by atomic mass is 10.3. The molecule has 14 heavy (non-hydrogen) atoms. The van der Waals surface area contributed by atoms with E-state index in [2.05, 4.69) is 0 Å². The number of hydrogen-bond donors (Lipinski definition) is 0. The number of nitrogens with zero attached hydrogens (tertiary/aromatic N) is 2. The maximum Gasteiger partial charge on any atom is 0.265 e. The minimum atomic E-state index is 0.00375. The zero-order chi connectivity index (χ0) is 9.97. The largest absolute Gasteiger partial charge is 0.322 e. The Morgan fingerprint density at radius 1 is 1.71 bits per heavy atom. The van der Waals surface area contributed by atoms with E-state index >= 15 is 0 Å². The van der Waals surface area contributed by atoms with Crippen molar-refractivity contribution in [1.29, 1.82) is 5.26 Å². The third-order valence-corrected chi connectivity index (χ3v) is 3.08. The standard InChI is InChI=1S/C10H10N2OS/c11-5-6-12(8-3-4-8)10(13)9-2-1-7-14-9/h1-2,7-8H,3-4,6H2. The average molecular weight is 206 g/mol. The van der Waals surface area contributed by atoms with Gasteiger partial charge in [0.2, 0.25) is 0 Å². The number of carbonyl (C=O) groups is 1. The summed E-state index contributed by atoms with van der Waals surface area (Å²) in [5.74, 6) is 0.00375. The van der Waals surface area contributed by atoms with Gasteiger partial charge >= 0.3 is 0 Å². The molecule has 0 radical (unpaired) electrons. The zero-order valence-corrected chi connectivity index (χ0v) is 8.46. The van der Waals surface area contributed by atoms with E-state index in [0.29, 0.717) is 6.04 Å². The fraction of sp³-hybridized carbons (Fsp3) is 0.400. The molecule has 1 amide bonds. The highest BCUT2D eigenvalue weighted by Crippen LogP contribution is 2.28. The number of hydrogen-bond acceptors (Lipinski definition) is 3. The van der Waals surface area contributed by atoms with Crippen LogP contribution in [0.1, 0.15) is 22.5 Å². The molecule has 1 aliphatic carbocycles. The van der Waals surface area contributed by atoms with E-state index in [1.807, 2.05) is 17.5 Å². The van der Waals surface area contributed by atoms with Crippen LogP contribution in [0.3, 0.4) is 0 Å². The molecule has 0 atom stereocenters. The second kappa shape index (κ2) is 3.81. The second-order valence-corrected chi connectivity index (χ2v) is 4.25. The smallest absolute Gasteiger partial charge is 0.265 e. The molecule has 0 spiro atoms. The average Bonchev–Trinajstić information content (AvgIpc) is 2.88. The fourth-order valence-electron chi connectivity index (χ4n) is 1.37. The van der Waals surface area contributed by atoms with E-state index < -0.39 is 0 Å². The molecule has 72 valence electrons. The van der Waals surface area contributed by atoms with Crippen molar-refractivity contribution >= 4 is 17.2 Å². The Morgan fingerprint density at radius 2 is 2.50 bits per heavy atom. The highest BCUT2D eigenvalue weighted by atomic mass is 32.1. The number of amides is 1. The molecule has 3 nitrogen and oxygen atoms in total. The van der Waals surface area contributed by atoms with Crippen LogP contribution in [0.4, 0.5) is 0 Å². The number of carbonyl (C=O) groups excluding carboxylic acids is 1. The van der Waals surface area contributed by atoms with Crippen molar-refractivity contribution in [2.45, 2.75) is 18.9 Å². The van der Waals surface area contributed by atoms with Crippen LogP contribution < -0.4 is 0 Å². The van der Waals surface area contributed by atoms with Crippen molar-refractivity contribution in [3.8, 4) is 6.07 Å². The predicted octanol–water partition coefficient (Wildman–Crippen LogP) is 1.88. The Kier molecular flexibility index (Phi) is 2.51. The van der Waals surface area contributed by atoms with Gasteiger partial charge in [-0.05, 0) is 24.3 Å². The van der Waals surface area contributed by atoms with Gasteiger partial charge in [0.05, 0.1) is 10.9 Å². The molecule has 0 aromatic carbocycles. The summed E-state index contributed by atoms with van der Waals surface area (Å²) in [7, 11) is 0. The molecule has 1 aliphatic rings. The first-order chi connectivity index (χ1) is 6.83. The fourth-order valence-corrected chi connectivity index (χ4v) is 2.05. The van der Waals surface area contributed by atoms with Gasteiger partial charge in [0, 0.05) is 6.04 Å². The van der Waals surface area contributed by atoms with E-state index in [0.717, 1.165) is 17.7 Å². The second-order valence-electron chi connectivity index (χ2n) is 3.30. The lowest BCUT2D eigenvalue weighted by Crippen LogP contribution is -2.32. The minimum absolute atomic E-state index is 0.00375. The van der Waals surface area contributed by atoms with Crippen molar-refractivity contribution in [2.24, 2.45) is 0 Å². The molecular formula is C10H10N2OS. The van der Waals surface area contributed by atoms with Gasteiger partial charge in [-0.15, -0.1) is 11.3 Å². The van der Waals surface area contributed by atoms with Gasteiger partial charge in [0.15, 0.2) is 0 Å². The van der Waals surface area contributed by atoms with Crippen molar-refractivity contribution in [1.82, 2.24) is 4.90 Å². The predicted molar refractivity (Wildman–Crippen MR) is 54.0 cm³/mol. The quantitative estimate of drug-likeness (QED) is 0.709. The summed E-state index contributed by atoms with van der Waals surface area (Å²) >= 11 is 1.43. The molecule has 0 aliphatic heterocycles. The van der Waals surface area contributed by atoms with E-state index in [1.54, 1.807) is 11.0 Å². The molecule has 0 N–H and O–H groups in total. The van der Waals surface area contributed by atoms with Crippen molar-refractivity contribution in [3.05, 3.63) is 22.4 Å². The summed E-state index contributed by atoms with van der Waals surface area (Å²) in [4.78, 5) is 14.3. The van der Waals surface area contributed by atoms with Gasteiger partial charge in [-0.1, -0.05) is 6.07 Å². The molecule has 4 heteroatoms. The third kappa shape index (κ3) is 1.78. The molecule has 1 aromatic rings. The van der Waals surface area contributed by atoms with Crippen LogP contribution >= 0.6 is 11.3 Å². The first-order valence-corrected chi connectivity index (χ1v) is 5.42. The molecule has 1 fully saturated rings. The van der Waals surface area contributed by atoms with Gasteiger partial charge in [-0.2, -0.15) is 5.26 Å². The molecule has 0 bridgehead atoms. The summed E-state index contributed by atoms with van der Waals surface area (Å²) in [6.45, 7) is 0.210. The molecule has 0 unspecified atom stereocenters. The van der Waals surface area contributed by atoms with Gasteiger partial charge < -0.3 is 4.90 Å². The highest BCUT2D eigenvalue weighted by molar-refractivity contribution is 7.12. The van der Waals surface area contributed by atoms with Gasteiger partial charge in [-0.3, -0.25) is 4.79 Å². The molecule has 0 saturated heterocycles. The van der Waals surface area contributed by atoms with E-state index in [-0.39, 0.29) is 12.5 Å². The molecule has 2 rings (SSSR count). The van der Waals surface area contributed by atoms with Crippen molar-refractivity contribution in [3.63, 3.8) is 0 Å². The topological polar surface area (TPSA) is 44.1 Å². The SMILES string of the molecule is N#CCN(C(=O)c1cccs1)C1CC1. The Bertz CT molecular complexity index is 362. The van der Waals surface area contributed by atoms with Crippen LogP contribution in [0.15, 0.2) is 17.5 Å². The van der Waals surface area contributed by atoms with Crippen LogP contribution in [0, 0.1) is 11.3 Å². The maximum atomic E-state index is 11.9. The Hall–Kier alpha value is -1.34. The normalized spacial score (nSPS) is 14.8. The maximum absolute atomic E-state index is 11.9. The lowest BCUT2D eigenvalue weighted by molar-refractivity contribution is 0.0770. The summed E-state index contributed by atoms with van der Waals surface area (Å²) < 4.78 is 0. The van der Waals surface area contributed by atoms with E-state index in [1.165, 1.54) is 11.3 Å². The Morgan fingerprint density at radius 3 is 3.00 bits per heavy atom. The molecular weight excluding hydrogens is 196 g/mol.